The molecule has 2 atom stereocenters. The van der Waals surface area contributed by atoms with Gasteiger partial charge in [-0.25, -0.2) is 0 Å². The van der Waals surface area contributed by atoms with E-state index >= 15 is 0 Å². The third-order valence-electron chi connectivity index (χ3n) is 2.59. The Morgan fingerprint density at radius 2 is 2.06 bits per heavy atom. The number of ether oxygens (including phenoxy) is 1. The van der Waals surface area contributed by atoms with Gasteiger partial charge in [-0.15, -0.1) is 0 Å². The van der Waals surface area contributed by atoms with Gasteiger partial charge >= 0.3 is 0 Å². The molecule has 0 saturated heterocycles. The lowest BCUT2D eigenvalue weighted by molar-refractivity contribution is 0.0168. The van der Waals surface area contributed by atoms with Crippen LogP contribution in [0.2, 0.25) is 0 Å². The first-order chi connectivity index (χ1) is 7.60. The molecule has 16 heavy (non-hydrogen) atoms. The Balaban J connectivity index is 2.92. The van der Waals surface area contributed by atoms with Gasteiger partial charge in [0, 0.05) is 0 Å². The molecule has 2 N–H and O–H groups in total. The van der Waals surface area contributed by atoms with Crippen LogP contribution in [0.5, 0.6) is 5.75 Å². The van der Waals surface area contributed by atoms with E-state index in [9.17, 15) is 10.2 Å². The Hall–Kier alpha value is -0.710. The largest absolute Gasteiger partial charge is 0.497 e. The predicted molar refractivity (Wildman–Crippen MR) is 67.2 cm³/mol. The lowest BCUT2D eigenvalue weighted by Crippen LogP contribution is -2.19. The smallest absolute Gasteiger partial charge is 0.119 e. The maximum Gasteiger partial charge on any atom is 0.119 e. The van der Waals surface area contributed by atoms with Gasteiger partial charge in [0.25, 0.3) is 0 Å². The first-order valence-corrected chi connectivity index (χ1v) is 5.85. The van der Waals surface area contributed by atoms with Crippen LogP contribution in [0.15, 0.2) is 18.2 Å². The maximum atomic E-state index is 9.98. The van der Waals surface area contributed by atoms with Gasteiger partial charge in [0.1, 0.15) is 11.9 Å². The fourth-order valence-corrected chi connectivity index (χ4v) is 1.83. The number of aliphatic hydroxyl groups excluding tert-OH is 2. The van der Waals surface area contributed by atoms with Crippen molar-refractivity contribution >= 4 is 12.6 Å². The fraction of sp³-hybridized carbons (Fsp3) is 0.500. The predicted octanol–water partition coefficient (Wildman–Crippen LogP) is 1.72. The van der Waals surface area contributed by atoms with Crippen molar-refractivity contribution in [1.29, 1.82) is 0 Å². The molecule has 0 amide bonds. The third kappa shape index (κ3) is 3.14. The number of rotatable bonds is 5. The quantitative estimate of drug-likeness (QED) is 0.689. The fourth-order valence-electron chi connectivity index (χ4n) is 1.56. The molecule has 0 saturated carbocycles. The van der Waals surface area contributed by atoms with Gasteiger partial charge in [-0.3, -0.25) is 0 Å². The maximum absolute atomic E-state index is 9.98. The second-order valence-corrected chi connectivity index (χ2v) is 4.19. The van der Waals surface area contributed by atoms with E-state index in [0.717, 1.165) is 5.56 Å². The van der Waals surface area contributed by atoms with Crippen LogP contribution < -0.4 is 4.74 Å². The van der Waals surface area contributed by atoms with Crippen LogP contribution in [0.25, 0.3) is 0 Å². The first-order valence-electron chi connectivity index (χ1n) is 5.21. The summed E-state index contributed by atoms with van der Waals surface area (Å²) >= 11 is 4.04. The van der Waals surface area contributed by atoms with Crippen LogP contribution in [0.3, 0.4) is 0 Å². The summed E-state index contributed by atoms with van der Waals surface area (Å²) in [6.45, 7) is 1.89. The van der Waals surface area contributed by atoms with E-state index in [1.54, 1.807) is 13.2 Å². The summed E-state index contributed by atoms with van der Waals surface area (Å²) in [4.78, 5) is 0. The molecule has 0 aromatic heterocycles. The topological polar surface area (TPSA) is 49.7 Å². The van der Waals surface area contributed by atoms with Gasteiger partial charge in [-0.05, 0) is 42.4 Å². The molecule has 0 heterocycles. The van der Waals surface area contributed by atoms with E-state index in [-0.39, 0.29) is 0 Å². The number of hydrogen-bond donors (Lipinski definition) is 3. The van der Waals surface area contributed by atoms with Crippen LogP contribution in [-0.4, -0.2) is 29.2 Å². The molecule has 1 aromatic rings. The normalized spacial score (nSPS) is 14.6. The summed E-state index contributed by atoms with van der Waals surface area (Å²) in [5.41, 5.74) is 1.64. The molecule has 0 fully saturated rings. The van der Waals surface area contributed by atoms with Gasteiger partial charge in [0.2, 0.25) is 0 Å². The van der Waals surface area contributed by atoms with Gasteiger partial charge < -0.3 is 14.9 Å². The van der Waals surface area contributed by atoms with E-state index < -0.39 is 12.2 Å². The van der Waals surface area contributed by atoms with Crippen LogP contribution in [0.1, 0.15) is 23.7 Å². The summed E-state index contributed by atoms with van der Waals surface area (Å²) in [7, 11) is 1.57. The molecular formula is C12H18O3S. The Labute approximate surface area is 101 Å². The highest BCUT2D eigenvalue weighted by atomic mass is 32.1. The summed E-state index contributed by atoms with van der Waals surface area (Å²) in [6.07, 6.45) is -1.22. The molecule has 4 heteroatoms. The summed E-state index contributed by atoms with van der Waals surface area (Å²) in [6, 6.07) is 5.45. The number of hydrogen-bond acceptors (Lipinski definition) is 4. The summed E-state index contributed by atoms with van der Waals surface area (Å²) in [5.74, 6) is 1.22. The van der Waals surface area contributed by atoms with E-state index in [1.807, 2.05) is 19.1 Å². The molecule has 0 spiro atoms. The Bertz CT molecular complexity index is 341. The second kappa shape index (κ2) is 6.13. The molecule has 0 aliphatic carbocycles. The van der Waals surface area contributed by atoms with Gasteiger partial charge in [-0.1, -0.05) is 6.07 Å². The Kier molecular flexibility index (Phi) is 5.12. The molecule has 90 valence electrons. The monoisotopic (exact) mass is 242 g/mol. The van der Waals surface area contributed by atoms with E-state index in [1.165, 1.54) is 0 Å². The highest BCUT2D eigenvalue weighted by molar-refractivity contribution is 7.80. The van der Waals surface area contributed by atoms with Crippen molar-refractivity contribution in [2.24, 2.45) is 0 Å². The highest BCUT2D eigenvalue weighted by Gasteiger charge is 2.19. The van der Waals surface area contributed by atoms with Crippen molar-refractivity contribution < 1.29 is 14.9 Å². The number of aliphatic hydroxyl groups is 2. The molecule has 0 radical (unpaired) electrons. The number of thiol groups is 1. The molecule has 0 bridgehead atoms. The Morgan fingerprint density at radius 3 is 2.62 bits per heavy atom. The zero-order chi connectivity index (χ0) is 12.1. The van der Waals surface area contributed by atoms with Gasteiger partial charge in [0.15, 0.2) is 0 Å². The zero-order valence-electron chi connectivity index (χ0n) is 9.55. The highest BCUT2D eigenvalue weighted by Crippen LogP contribution is 2.26. The van der Waals surface area contributed by atoms with E-state index in [0.29, 0.717) is 23.5 Å². The van der Waals surface area contributed by atoms with E-state index in [2.05, 4.69) is 12.6 Å². The van der Waals surface area contributed by atoms with Crippen molar-refractivity contribution in [1.82, 2.24) is 0 Å². The van der Waals surface area contributed by atoms with Crippen LogP contribution in [0.4, 0.5) is 0 Å². The minimum Gasteiger partial charge on any atom is -0.497 e. The second-order valence-electron chi connectivity index (χ2n) is 3.75. The number of aryl methyl sites for hydroxylation is 1. The minimum absolute atomic E-state index is 0.459. The molecule has 2 unspecified atom stereocenters. The van der Waals surface area contributed by atoms with Crippen molar-refractivity contribution in [2.45, 2.75) is 25.6 Å². The van der Waals surface area contributed by atoms with Crippen LogP contribution in [-0.2, 0) is 0 Å². The van der Waals surface area contributed by atoms with E-state index in [4.69, 9.17) is 4.74 Å². The molecule has 1 rings (SSSR count). The SMILES string of the molecule is COc1ccc(C)c(C(O)C(O)CCS)c1. The lowest BCUT2D eigenvalue weighted by atomic mass is 9.98. The first kappa shape index (κ1) is 13.4. The lowest BCUT2D eigenvalue weighted by Gasteiger charge is -2.19. The average Bonchev–Trinajstić information content (AvgIpc) is 2.29. The van der Waals surface area contributed by atoms with Crippen molar-refractivity contribution in [2.75, 3.05) is 12.9 Å². The molecule has 3 nitrogen and oxygen atoms in total. The summed E-state index contributed by atoms with van der Waals surface area (Å²) in [5, 5.41) is 19.7. The molecule has 0 aliphatic rings. The summed E-state index contributed by atoms with van der Waals surface area (Å²) < 4.78 is 5.09. The Morgan fingerprint density at radius 1 is 1.38 bits per heavy atom. The number of benzene rings is 1. The van der Waals surface area contributed by atoms with Crippen LogP contribution >= 0.6 is 12.6 Å². The average molecular weight is 242 g/mol. The molecule has 0 aliphatic heterocycles. The van der Waals surface area contributed by atoms with Gasteiger partial charge in [-0.2, -0.15) is 12.6 Å². The van der Waals surface area contributed by atoms with Crippen molar-refractivity contribution in [3.05, 3.63) is 29.3 Å². The third-order valence-corrected chi connectivity index (χ3v) is 2.85. The molecular weight excluding hydrogens is 224 g/mol. The van der Waals surface area contributed by atoms with Crippen LogP contribution in [0, 0.1) is 6.92 Å². The zero-order valence-corrected chi connectivity index (χ0v) is 10.4. The standard InChI is InChI=1S/C12H18O3S/c1-8-3-4-9(15-2)7-10(8)12(14)11(13)5-6-16/h3-4,7,11-14,16H,5-6H2,1-2H3. The van der Waals surface area contributed by atoms with Crippen molar-refractivity contribution in [3.8, 4) is 5.75 Å². The van der Waals surface area contributed by atoms with Gasteiger partial charge in [0.05, 0.1) is 13.2 Å². The minimum atomic E-state index is -0.887. The molecule has 1 aromatic carbocycles. The number of methoxy groups -OCH3 is 1. The van der Waals surface area contributed by atoms with Crippen molar-refractivity contribution in [3.63, 3.8) is 0 Å².